The summed E-state index contributed by atoms with van der Waals surface area (Å²) in [6.07, 6.45) is 3.34. The maximum atomic E-state index is 11.2. The molecule has 1 aromatic rings. The van der Waals surface area contributed by atoms with Crippen molar-refractivity contribution >= 4 is 10.1 Å². The summed E-state index contributed by atoms with van der Waals surface area (Å²) in [7, 11) is -4.21. The van der Waals surface area contributed by atoms with E-state index < -0.39 is 10.1 Å². The van der Waals surface area contributed by atoms with Crippen LogP contribution in [0.25, 0.3) is 0 Å². The third-order valence-corrected chi connectivity index (χ3v) is 4.56. The van der Waals surface area contributed by atoms with E-state index in [1.807, 2.05) is 0 Å². The normalized spacial score (nSPS) is 16.9. The molecule has 2 N–H and O–H groups in total. The molecule has 2 rings (SSSR count). The molecule has 1 fully saturated rings. The van der Waals surface area contributed by atoms with Crippen molar-refractivity contribution in [2.45, 2.75) is 43.6 Å². The first-order valence-corrected chi connectivity index (χ1v) is 7.10. The highest BCUT2D eigenvalue weighted by molar-refractivity contribution is 7.85. The Morgan fingerprint density at radius 1 is 1.35 bits per heavy atom. The Kier molecular flexibility index (Phi) is 3.25. The van der Waals surface area contributed by atoms with Gasteiger partial charge in [-0.2, -0.15) is 8.42 Å². The van der Waals surface area contributed by atoms with E-state index in [0.29, 0.717) is 17.0 Å². The van der Waals surface area contributed by atoms with Crippen LogP contribution in [0.5, 0.6) is 0 Å². The van der Waals surface area contributed by atoms with Crippen LogP contribution in [0.3, 0.4) is 0 Å². The summed E-state index contributed by atoms with van der Waals surface area (Å²) in [6.45, 7) is 1.43. The Morgan fingerprint density at radius 2 is 2.00 bits per heavy atom. The van der Waals surface area contributed by atoms with E-state index in [1.54, 1.807) is 13.0 Å². The highest BCUT2D eigenvalue weighted by Crippen LogP contribution is 2.39. The Hall–Kier alpha value is -0.910. The van der Waals surface area contributed by atoms with Gasteiger partial charge >= 0.3 is 0 Å². The summed E-state index contributed by atoms with van der Waals surface area (Å²) in [5, 5.41) is 9.38. The van der Waals surface area contributed by atoms with Crippen molar-refractivity contribution in [1.29, 1.82) is 0 Å². The second-order valence-corrected chi connectivity index (χ2v) is 5.91. The Bertz CT molecular complexity index is 530. The first kappa shape index (κ1) is 12.5. The summed E-state index contributed by atoms with van der Waals surface area (Å²) < 4.78 is 31.4. The maximum Gasteiger partial charge on any atom is 0.294 e. The lowest BCUT2D eigenvalue weighted by molar-refractivity contribution is 0.276. The van der Waals surface area contributed by atoms with Gasteiger partial charge in [-0.05, 0) is 48.4 Å². The summed E-state index contributed by atoms with van der Waals surface area (Å²) in [5.41, 5.74) is 2.12. The van der Waals surface area contributed by atoms with Gasteiger partial charge in [0.15, 0.2) is 0 Å². The molecule has 1 aliphatic carbocycles. The van der Waals surface area contributed by atoms with E-state index in [9.17, 15) is 13.5 Å². The summed E-state index contributed by atoms with van der Waals surface area (Å²) >= 11 is 0. The Labute approximate surface area is 101 Å². The lowest BCUT2D eigenvalue weighted by Gasteiger charge is -2.28. The number of benzene rings is 1. The van der Waals surface area contributed by atoms with Gasteiger partial charge in [-0.1, -0.05) is 12.5 Å². The second-order valence-electron chi connectivity index (χ2n) is 4.52. The van der Waals surface area contributed by atoms with E-state index in [1.165, 1.54) is 12.5 Å². The van der Waals surface area contributed by atoms with Crippen LogP contribution in [0.1, 0.15) is 41.9 Å². The third-order valence-electron chi connectivity index (χ3n) is 3.57. The average Bonchev–Trinajstić information content (AvgIpc) is 2.13. The van der Waals surface area contributed by atoms with Crippen LogP contribution >= 0.6 is 0 Å². The Morgan fingerprint density at radius 3 is 2.41 bits per heavy atom. The van der Waals surface area contributed by atoms with Gasteiger partial charge in [0.05, 0.1) is 11.5 Å². The van der Waals surface area contributed by atoms with Crippen LogP contribution in [0.4, 0.5) is 0 Å². The predicted molar refractivity (Wildman–Crippen MR) is 63.5 cm³/mol. The molecule has 0 spiro atoms. The molecule has 17 heavy (non-hydrogen) atoms. The van der Waals surface area contributed by atoms with E-state index in [4.69, 9.17) is 4.55 Å². The first-order chi connectivity index (χ1) is 7.95. The highest BCUT2D eigenvalue weighted by Gasteiger charge is 2.25. The standard InChI is InChI=1S/C12H16O4S/c1-8-11(7-13)10(9-3-2-4-9)5-6-12(8)17(14,15)16/h5-6,9,13H,2-4,7H2,1H3,(H,14,15,16). The van der Waals surface area contributed by atoms with Crippen molar-refractivity contribution in [3.8, 4) is 0 Å². The van der Waals surface area contributed by atoms with Gasteiger partial charge in [0.2, 0.25) is 0 Å². The van der Waals surface area contributed by atoms with Crippen molar-refractivity contribution in [3.05, 3.63) is 28.8 Å². The van der Waals surface area contributed by atoms with E-state index in [-0.39, 0.29) is 11.5 Å². The molecule has 0 saturated heterocycles. The second kappa shape index (κ2) is 4.40. The van der Waals surface area contributed by atoms with Gasteiger partial charge < -0.3 is 5.11 Å². The third kappa shape index (κ3) is 2.22. The molecule has 1 aromatic carbocycles. The fourth-order valence-corrected chi connectivity index (χ4v) is 3.10. The SMILES string of the molecule is Cc1c(S(=O)(=O)O)ccc(C2CCC2)c1CO. The molecule has 0 atom stereocenters. The lowest BCUT2D eigenvalue weighted by atomic mass is 9.77. The first-order valence-electron chi connectivity index (χ1n) is 5.66. The molecule has 0 bridgehead atoms. The van der Waals surface area contributed by atoms with Crippen molar-refractivity contribution in [2.24, 2.45) is 0 Å². The van der Waals surface area contributed by atoms with Crippen molar-refractivity contribution in [3.63, 3.8) is 0 Å². The molecule has 0 heterocycles. The largest absolute Gasteiger partial charge is 0.392 e. The molecule has 0 radical (unpaired) electrons. The molecule has 4 nitrogen and oxygen atoms in total. The zero-order valence-electron chi connectivity index (χ0n) is 9.68. The minimum Gasteiger partial charge on any atom is -0.392 e. The molecule has 0 amide bonds. The van der Waals surface area contributed by atoms with Gasteiger partial charge in [0.25, 0.3) is 10.1 Å². The minimum absolute atomic E-state index is 0.107. The van der Waals surface area contributed by atoms with Gasteiger partial charge in [0, 0.05) is 0 Å². The smallest absolute Gasteiger partial charge is 0.294 e. The molecule has 0 aromatic heterocycles. The fourth-order valence-electron chi connectivity index (χ4n) is 2.35. The maximum absolute atomic E-state index is 11.2. The average molecular weight is 256 g/mol. The summed E-state index contributed by atoms with van der Waals surface area (Å²) in [5.74, 6) is 0.422. The van der Waals surface area contributed by atoms with Gasteiger partial charge in [-0.25, -0.2) is 0 Å². The predicted octanol–water partition coefficient (Wildman–Crippen LogP) is 2.00. The summed E-state index contributed by atoms with van der Waals surface area (Å²) in [6, 6.07) is 3.14. The van der Waals surface area contributed by atoms with E-state index in [2.05, 4.69) is 0 Å². The van der Waals surface area contributed by atoms with Crippen molar-refractivity contribution < 1.29 is 18.1 Å². The van der Waals surface area contributed by atoms with Crippen LogP contribution in [-0.4, -0.2) is 18.1 Å². The van der Waals surface area contributed by atoms with E-state index in [0.717, 1.165) is 18.4 Å². The van der Waals surface area contributed by atoms with E-state index >= 15 is 0 Å². The number of hydrogen-bond acceptors (Lipinski definition) is 3. The fraction of sp³-hybridized carbons (Fsp3) is 0.500. The molecule has 94 valence electrons. The monoisotopic (exact) mass is 256 g/mol. The zero-order valence-corrected chi connectivity index (χ0v) is 10.5. The van der Waals surface area contributed by atoms with Crippen LogP contribution in [0.15, 0.2) is 17.0 Å². The number of aliphatic hydroxyl groups excluding tert-OH is 1. The van der Waals surface area contributed by atoms with Crippen LogP contribution in [0, 0.1) is 6.92 Å². The lowest BCUT2D eigenvalue weighted by Crippen LogP contribution is -2.14. The number of rotatable bonds is 3. The highest BCUT2D eigenvalue weighted by atomic mass is 32.2. The number of hydrogen-bond donors (Lipinski definition) is 2. The molecule has 0 unspecified atom stereocenters. The van der Waals surface area contributed by atoms with Gasteiger partial charge in [-0.15, -0.1) is 0 Å². The molecular weight excluding hydrogens is 240 g/mol. The zero-order chi connectivity index (χ0) is 12.6. The topological polar surface area (TPSA) is 74.6 Å². The summed E-state index contributed by atoms with van der Waals surface area (Å²) in [4.78, 5) is -0.107. The molecule has 0 aliphatic heterocycles. The quantitative estimate of drug-likeness (QED) is 0.811. The van der Waals surface area contributed by atoms with Gasteiger partial charge in [0.1, 0.15) is 0 Å². The van der Waals surface area contributed by atoms with Crippen molar-refractivity contribution in [1.82, 2.24) is 0 Å². The molecule has 1 aliphatic rings. The minimum atomic E-state index is -4.21. The van der Waals surface area contributed by atoms with Crippen LogP contribution in [-0.2, 0) is 16.7 Å². The molecule has 5 heteroatoms. The van der Waals surface area contributed by atoms with Crippen molar-refractivity contribution in [2.75, 3.05) is 0 Å². The number of aliphatic hydroxyl groups is 1. The van der Waals surface area contributed by atoms with Crippen LogP contribution < -0.4 is 0 Å². The Balaban J connectivity index is 2.55. The van der Waals surface area contributed by atoms with Crippen LogP contribution in [0.2, 0.25) is 0 Å². The molecular formula is C12H16O4S. The molecule has 1 saturated carbocycles. The van der Waals surface area contributed by atoms with Gasteiger partial charge in [-0.3, -0.25) is 4.55 Å².